The molecule has 0 saturated carbocycles. The van der Waals surface area contributed by atoms with Crippen LogP contribution in [0.3, 0.4) is 0 Å². The first-order valence-corrected chi connectivity index (χ1v) is 41.8. The maximum absolute atomic E-state index is 13.8. The second-order valence-corrected chi connectivity index (χ2v) is 29.4. The Kier molecular flexibility index (Phi) is 40.1. The van der Waals surface area contributed by atoms with Gasteiger partial charge in [-0.15, -0.1) is 24.8 Å². The van der Waals surface area contributed by atoms with Crippen LogP contribution in [0, 0.1) is 0 Å². The predicted octanol–water partition coefficient (Wildman–Crippen LogP) is 17.9. The summed E-state index contributed by atoms with van der Waals surface area (Å²) in [5, 5.41) is 12.1. The molecule has 3 atom stereocenters. The monoisotopic (exact) mass is 1780 g/mol. The van der Waals surface area contributed by atoms with Gasteiger partial charge in [0, 0.05) is 136 Å². The summed E-state index contributed by atoms with van der Waals surface area (Å²) in [7, 11) is 7.36. The number of aldehydes is 1. The molecule has 2 amide bonds. The van der Waals surface area contributed by atoms with E-state index in [-0.39, 0.29) is 77.4 Å². The number of hydrogen-bond acceptors (Lipinski definition) is 19. The van der Waals surface area contributed by atoms with Crippen molar-refractivity contribution in [3.05, 3.63) is 443 Å². The lowest BCUT2D eigenvalue weighted by Crippen LogP contribution is -2.55. The van der Waals surface area contributed by atoms with Crippen LogP contribution in [0.5, 0.6) is 34.5 Å². The Hall–Kier alpha value is -13.3. The van der Waals surface area contributed by atoms with E-state index in [1.165, 1.54) is 29.2 Å². The summed E-state index contributed by atoms with van der Waals surface area (Å²) in [4.78, 5) is 81.0. The lowest BCUT2D eigenvalue weighted by Gasteiger charge is -2.44. The van der Waals surface area contributed by atoms with Crippen molar-refractivity contribution in [2.45, 2.75) is 30.7 Å². The van der Waals surface area contributed by atoms with Crippen LogP contribution in [-0.2, 0) is 22.4 Å². The number of alkyl halides is 1. The highest BCUT2D eigenvalue weighted by Gasteiger charge is 2.38. The number of pyridine rings is 6. The molecule has 2 N–H and O–H groups in total. The molecule has 0 fully saturated rings. The number of aliphatic hydroxyl groups is 1. The number of nitrogens with zero attached hydrogens (tertiary/aromatic N) is 9. The van der Waals surface area contributed by atoms with E-state index in [0.717, 1.165) is 66.8 Å². The normalized spacial score (nSPS) is 12.0. The molecule has 3 unspecified atom stereocenters. The van der Waals surface area contributed by atoms with Crippen molar-refractivity contribution in [2.75, 3.05) is 63.3 Å². The summed E-state index contributed by atoms with van der Waals surface area (Å²) in [6.45, 7) is 25.4. The molecule has 0 bridgehead atoms. The molecule has 6 aromatic carbocycles. The molecule has 122 heavy (non-hydrogen) atoms. The zero-order valence-corrected chi connectivity index (χ0v) is 71.1. The number of aliphatic hydroxyl groups excluding tert-OH is 1. The number of aromatic nitrogens is 6. The van der Waals surface area contributed by atoms with Gasteiger partial charge in [-0.25, -0.2) is 4.21 Å². The van der Waals surface area contributed by atoms with Gasteiger partial charge in [0.25, 0.3) is 11.8 Å². The maximum atomic E-state index is 13.8. The van der Waals surface area contributed by atoms with Crippen molar-refractivity contribution in [1.29, 1.82) is 0 Å². The molecule has 0 aliphatic carbocycles. The van der Waals surface area contributed by atoms with Gasteiger partial charge in [-0.3, -0.25) is 58.3 Å². The summed E-state index contributed by atoms with van der Waals surface area (Å²) >= 11 is 9.84. The van der Waals surface area contributed by atoms with Crippen LogP contribution in [-0.4, -0.2) is 119 Å². The van der Waals surface area contributed by atoms with Crippen LogP contribution in [0.2, 0.25) is 0 Å². The van der Waals surface area contributed by atoms with Crippen LogP contribution in [0.15, 0.2) is 370 Å². The van der Waals surface area contributed by atoms with Gasteiger partial charge in [-0.1, -0.05) is 208 Å². The minimum Gasteiger partial charge on any atom is -0.489 e. The third kappa shape index (κ3) is 28.7. The van der Waals surface area contributed by atoms with Crippen molar-refractivity contribution in [1.82, 2.24) is 39.1 Å². The van der Waals surface area contributed by atoms with Crippen molar-refractivity contribution >= 4 is 76.2 Å². The lowest BCUT2D eigenvalue weighted by atomic mass is 9.98. The second-order valence-electron chi connectivity index (χ2n) is 25.6. The summed E-state index contributed by atoms with van der Waals surface area (Å²) in [6, 6.07) is 66.8. The Labute approximate surface area is 733 Å². The number of rotatable bonds is 30. The molecule has 628 valence electrons. The first-order valence-electron chi connectivity index (χ1n) is 37.7. The second kappa shape index (κ2) is 51.9. The van der Waals surface area contributed by atoms with E-state index in [1.807, 2.05) is 193 Å². The predicted molar refractivity (Wildman–Crippen MR) is 485 cm³/mol. The minimum absolute atomic E-state index is 0.00348. The van der Waals surface area contributed by atoms with E-state index in [0.29, 0.717) is 56.7 Å². The zero-order chi connectivity index (χ0) is 87.2. The lowest BCUT2D eigenvalue weighted by molar-refractivity contribution is 0.0696. The van der Waals surface area contributed by atoms with Crippen LogP contribution < -0.4 is 49.7 Å². The third-order valence-corrected chi connectivity index (χ3v) is 18.4. The summed E-state index contributed by atoms with van der Waals surface area (Å²) in [5.74, 6) is 2.44. The molecule has 6 aromatic heterocycles. The minimum atomic E-state index is -1.67. The number of carbonyl (C=O) groups is 3. The standard InChI is InChI=1S/C32H30N4O4.C17H17N3O3.C15H14ClNO.C15H15NO2.C9H9BrO.C6H5NO.Cl2OS/c1-3-18-34-23-36(29(25-13-10-17-33-21-25)26-14-8-9-15-28(26)39-20-4-2)35-19-16-27(37)31(30(35)32(34)38)40-22-24-11-6-5-7-12-24;1-2-9-19-12-18-20-10-8-14(21)16(15(20)17(19)22)23-11-13-6-4-3-5-7-13;1-2-10-18-14-8-4-3-7-13(14)15(16)12-6-5-9-17-11-12;1-2-10-18-14-8-4-3-7-13(14)15(17)12-6-5-9-16-11-12;1-2-7-11-9-6-4-3-5-8(9)10;8-5-6-2-1-3-7-4-6;1-4(2)3/h3-17,19,21,29H,1-2,18,20,22-23H2;2-8,10,18H,1,9,11-12H2;2-9,11,15H,1,10H2;2-9,11,15,17H,1,10H2;2-6H,1,7H2;1-5H;. The van der Waals surface area contributed by atoms with Gasteiger partial charge in [-0.2, -0.15) is 0 Å². The highest BCUT2D eigenvalue weighted by Crippen LogP contribution is 2.38. The third-order valence-electron chi connectivity index (χ3n) is 17.2. The van der Waals surface area contributed by atoms with Crippen LogP contribution in [0.4, 0.5) is 0 Å². The number of nitrogens with one attached hydrogen (secondary N) is 1. The first kappa shape index (κ1) is 94.2. The van der Waals surface area contributed by atoms with Crippen molar-refractivity contribution in [3.8, 4) is 34.5 Å². The topological polar surface area (TPSA) is 261 Å². The van der Waals surface area contributed by atoms with E-state index in [4.69, 9.17) is 44.2 Å². The van der Waals surface area contributed by atoms with Crippen molar-refractivity contribution in [2.24, 2.45) is 0 Å². The smallest absolute Gasteiger partial charge is 0.278 e. The van der Waals surface area contributed by atoms with Crippen LogP contribution in [0.1, 0.15) is 93.4 Å². The first-order chi connectivity index (χ1) is 59.5. The molecule has 2 aliphatic heterocycles. The van der Waals surface area contributed by atoms with E-state index in [2.05, 4.69) is 102 Å². The van der Waals surface area contributed by atoms with E-state index in [9.17, 15) is 29.1 Å². The van der Waals surface area contributed by atoms with Gasteiger partial charge in [0.2, 0.25) is 20.1 Å². The van der Waals surface area contributed by atoms with Crippen LogP contribution >= 0.6 is 48.9 Å². The number of carbonyl (C=O) groups excluding carboxylic acids is 3. The number of halogens is 4. The van der Waals surface area contributed by atoms with Gasteiger partial charge in [0.05, 0.1) is 9.85 Å². The van der Waals surface area contributed by atoms with Crippen molar-refractivity contribution < 1.29 is 52.1 Å². The fourth-order valence-corrected chi connectivity index (χ4v) is 12.4. The Morgan fingerprint density at radius 3 is 1.37 bits per heavy atom. The van der Waals surface area contributed by atoms with Crippen LogP contribution in [0.25, 0.3) is 0 Å². The number of hydrogen-bond donors (Lipinski definition) is 2. The molecule has 0 saturated heterocycles. The Morgan fingerprint density at radius 2 is 0.885 bits per heavy atom. The quantitative estimate of drug-likeness (QED) is 0.0183. The number of amides is 2. The number of para-hydroxylation sites is 4. The molecule has 28 heteroatoms. The van der Waals surface area contributed by atoms with Gasteiger partial charge >= 0.3 is 0 Å². The highest BCUT2D eigenvalue weighted by molar-refractivity contribution is 9.10. The number of ether oxygens (including phenoxy) is 6. The summed E-state index contributed by atoms with van der Waals surface area (Å²) in [6.07, 6.45) is 26.8. The van der Waals surface area contributed by atoms with E-state index >= 15 is 0 Å². The average Bonchev–Trinajstić information content (AvgIpc) is 0.744. The fourth-order valence-electron chi connectivity index (χ4n) is 11.7. The highest BCUT2D eigenvalue weighted by atomic mass is 79.9. The fraction of sp³-hybridized carbons (Fsp3) is 0.138. The largest absolute Gasteiger partial charge is 0.489 e. The molecular weight excluding hydrogens is 1700 g/mol. The Morgan fingerprint density at radius 1 is 0.467 bits per heavy atom. The van der Waals surface area contributed by atoms with Gasteiger partial charge in [0.1, 0.15) is 88.1 Å². The number of fused-ring (bicyclic) bond motifs is 2. The van der Waals surface area contributed by atoms with E-state index in [1.54, 1.807) is 119 Å². The molecule has 8 heterocycles. The Balaban J connectivity index is 0.000000193. The SMILES string of the molecule is C=CCN1CNn2ccc(=O)c(OCc3ccccc3)c2C1=O.C=CCOc1ccccc1Br.C=CCOc1ccccc1C(Cl)c1cccnc1.C=CCOc1ccccc1C(O)c1cccnc1.C=CCOc1ccccc1C(c1cccnc1)N1CN(CC=C)C(=O)c2c(OCc3ccccc3)c(=O)ccn21.O=Cc1cccnc1.O=S(Cl)Cl. The molecular formula is C94H90BrCl3N10O13S. The summed E-state index contributed by atoms with van der Waals surface area (Å²) in [5.41, 5.74) is 10.2. The van der Waals surface area contributed by atoms with E-state index < -0.39 is 21.4 Å². The molecule has 14 rings (SSSR count). The average molecular weight is 1790 g/mol. The van der Waals surface area contributed by atoms with Gasteiger partial charge in [0.15, 0.2) is 29.2 Å². The Bertz CT molecular complexity index is 5380. The van der Waals surface area contributed by atoms with Crippen molar-refractivity contribution in [3.63, 3.8) is 0 Å². The molecule has 12 aromatic rings. The molecule has 2 aliphatic rings. The molecule has 23 nitrogen and oxygen atoms in total. The van der Waals surface area contributed by atoms with Gasteiger partial charge < -0.3 is 48.8 Å². The van der Waals surface area contributed by atoms with Gasteiger partial charge in [-0.05, 0) is 98.8 Å². The molecule has 0 spiro atoms. The maximum Gasteiger partial charge on any atom is 0.278 e. The summed E-state index contributed by atoms with van der Waals surface area (Å²) < 4.78 is 47.5. The zero-order valence-electron chi connectivity index (χ0n) is 66.4. The molecule has 0 radical (unpaired) electrons. The number of benzene rings is 6.